The fraction of sp³-hybridized carbons (Fsp3) is 0.600. The van der Waals surface area contributed by atoms with Crippen molar-refractivity contribution in [3.8, 4) is 0 Å². The van der Waals surface area contributed by atoms with Crippen molar-refractivity contribution in [3.63, 3.8) is 0 Å². The minimum atomic E-state index is -1.32. The van der Waals surface area contributed by atoms with Crippen LogP contribution < -0.4 is 0 Å². The maximum absolute atomic E-state index is 5.49. The van der Waals surface area contributed by atoms with E-state index in [2.05, 4.69) is 31.3 Å². The highest BCUT2D eigenvalue weighted by Crippen LogP contribution is 2.20. The van der Waals surface area contributed by atoms with Crippen LogP contribution in [0.2, 0.25) is 19.1 Å². The van der Waals surface area contributed by atoms with Crippen molar-refractivity contribution in [2.45, 2.75) is 32.0 Å². The van der Waals surface area contributed by atoms with Crippen molar-refractivity contribution in [2.24, 2.45) is 0 Å². The molecular weight excluding hydrogens is 164 g/mol. The van der Waals surface area contributed by atoms with E-state index in [9.17, 15) is 0 Å². The Bertz CT molecular complexity index is 204. The van der Waals surface area contributed by atoms with Crippen LogP contribution in [0.4, 0.5) is 0 Å². The average Bonchev–Trinajstić information content (AvgIpc) is 2.53. The van der Waals surface area contributed by atoms with Crippen molar-refractivity contribution in [1.82, 2.24) is 0 Å². The van der Waals surface area contributed by atoms with E-state index in [0.717, 1.165) is 6.42 Å². The SMILES string of the molecule is CO[Si](C)(C)CCC1=CCC=C1. The van der Waals surface area contributed by atoms with Gasteiger partial charge in [-0.05, 0) is 32.0 Å². The van der Waals surface area contributed by atoms with E-state index >= 15 is 0 Å². The van der Waals surface area contributed by atoms with Crippen LogP contribution in [0.1, 0.15) is 12.8 Å². The molecule has 0 aliphatic heterocycles. The van der Waals surface area contributed by atoms with Crippen LogP contribution in [0.25, 0.3) is 0 Å². The van der Waals surface area contributed by atoms with Gasteiger partial charge in [-0.3, -0.25) is 0 Å². The van der Waals surface area contributed by atoms with Crippen LogP contribution in [0.3, 0.4) is 0 Å². The van der Waals surface area contributed by atoms with Crippen molar-refractivity contribution in [2.75, 3.05) is 7.11 Å². The van der Waals surface area contributed by atoms with Gasteiger partial charge in [0.25, 0.3) is 0 Å². The molecule has 0 unspecified atom stereocenters. The van der Waals surface area contributed by atoms with Crippen LogP contribution in [0.5, 0.6) is 0 Å². The van der Waals surface area contributed by atoms with Gasteiger partial charge in [-0.15, -0.1) is 0 Å². The second kappa shape index (κ2) is 4.05. The molecule has 2 heteroatoms. The lowest BCUT2D eigenvalue weighted by Crippen LogP contribution is -2.27. The molecule has 0 N–H and O–H groups in total. The molecule has 1 rings (SSSR count). The second-order valence-corrected chi connectivity index (χ2v) is 8.31. The lowest BCUT2D eigenvalue weighted by molar-refractivity contribution is 0.403. The van der Waals surface area contributed by atoms with Crippen LogP contribution in [0, 0.1) is 0 Å². The van der Waals surface area contributed by atoms with Crippen LogP contribution in [-0.4, -0.2) is 15.4 Å². The zero-order valence-electron chi connectivity index (χ0n) is 8.26. The Labute approximate surface area is 76.3 Å². The quantitative estimate of drug-likeness (QED) is 0.607. The standard InChI is InChI=1S/C10H18OSi/c1-11-12(2,3)9-8-10-6-4-5-7-10/h4,6-7H,5,8-9H2,1-3H3. The van der Waals surface area contributed by atoms with E-state index in [1.165, 1.54) is 18.0 Å². The van der Waals surface area contributed by atoms with Gasteiger partial charge in [0.05, 0.1) is 0 Å². The molecule has 0 aromatic carbocycles. The summed E-state index contributed by atoms with van der Waals surface area (Å²) in [6.45, 7) is 4.54. The van der Waals surface area contributed by atoms with Crippen LogP contribution in [0.15, 0.2) is 23.8 Å². The summed E-state index contributed by atoms with van der Waals surface area (Å²) in [6, 6.07) is 1.24. The second-order valence-electron chi connectivity index (χ2n) is 3.88. The maximum atomic E-state index is 5.49. The first kappa shape index (κ1) is 9.74. The predicted octanol–water partition coefficient (Wildman–Crippen LogP) is 3.11. The van der Waals surface area contributed by atoms with Crippen molar-refractivity contribution in [1.29, 1.82) is 0 Å². The zero-order chi connectivity index (χ0) is 9.03. The maximum Gasteiger partial charge on any atom is 0.186 e. The number of rotatable bonds is 4. The molecular formula is C10H18OSi. The Morgan fingerprint density at radius 1 is 1.50 bits per heavy atom. The van der Waals surface area contributed by atoms with Gasteiger partial charge in [0.15, 0.2) is 8.32 Å². The van der Waals surface area contributed by atoms with Crippen LogP contribution >= 0.6 is 0 Å². The summed E-state index contributed by atoms with van der Waals surface area (Å²) in [5, 5.41) is 0. The number of allylic oxidation sites excluding steroid dienone is 4. The third-order valence-electron chi connectivity index (χ3n) is 2.42. The molecule has 0 atom stereocenters. The normalized spacial score (nSPS) is 16.8. The van der Waals surface area contributed by atoms with Gasteiger partial charge in [-0.25, -0.2) is 0 Å². The summed E-state index contributed by atoms with van der Waals surface area (Å²) >= 11 is 0. The van der Waals surface area contributed by atoms with Gasteiger partial charge in [0, 0.05) is 7.11 Å². The molecule has 12 heavy (non-hydrogen) atoms. The van der Waals surface area contributed by atoms with Gasteiger partial charge in [0.2, 0.25) is 0 Å². The van der Waals surface area contributed by atoms with Gasteiger partial charge >= 0.3 is 0 Å². The monoisotopic (exact) mass is 182 g/mol. The van der Waals surface area contributed by atoms with Gasteiger partial charge in [-0.1, -0.05) is 23.8 Å². The fourth-order valence-corrected chi connectivity index (χ4v) is 2.33. The average molecular weight is 182 g/mol. The number of hydrogen-bond acceptors (Lipinski definition) is 1. The molecule has 0 amide bonds. The van der Waals surface area contributed by atoms with Crippen molar-refractivity contribution < 1.29 is 4.43 Å². The summed E-state index contributed by atoms with van der Waals surface area (Å²) in [7, 11) is 0.519. The van der Waals surface area contributed by atoms with E-state index in [1.807, 2.05) is 7.11 Å². The summed E-state index contributed by atoms with van der Waals surface area (Å²) in [4.78, 5) is 0. The van der Waals surface area contributed by atoms with E-state index in [1.54, 1.807) is 0 Å². The van der Waals surface area contributed by atoms with E-state index in [0.29, 0.717) is 0 Å². The minimum absolute atomic E-state index is 1.13. The molecule has 0 spiro atoms. The fourth-order valence-electron chi connectivity index (χ4n) is 1.24. The highest BCUT2D eigenvalue weighted by atomic mass is 28.4. The van der Waals surface area contributed by atoms with Crippen LogP contribution in [-0.2, 0) is 4.43 Å². The first-order valence-corrected chi connectivity index (χ1v) is 7.66. The summed E-state index contributed by atoms with van der Waals surface area (Å²) in [5.74, 6) is 0. The van der Waals surface area contributed by atoms with Gasteiger partial charge < -0.3 is 4.43 Å². The summed E-state index contributed by atoms with van der Waals surface area (Å²) in [5.41, 5.74) is 1.49. The number of hydrogen-bond donors (Lipinski definition) is 0. The molecule has 68 valence electrons. The molecule has 1 aliphatic carbocycles. The lowest BCUT2D eigenvalue weighted by atomic mass is 10.2. The minimum Gasteiger partial charge on any atom is -0.420 e. The Balaban J connectivity index is 2.29. The zero-order valence-corrected chi connectivity index (χ0v) is 9.26. The highest BCUT2D eigenvalue weighted by molar-refractivity contribution is 6.71. The third-order valence-corrected chi connectivity index (χ3v) is 4.98. The topological polar surface area (TPSA) is 9.23 Å². The van der Waals surface area contributed by atoms with Gasteiger partial charge in [-0.2, -0.15) is 0 Å². The molecule has 0 aromatic heterocycles. The summed E-state index contributed by atoms with van der Waals surface area (Å²) < 4.78 is 5.49. The Morgan fingerprint density at radius 2 is 2.25 bits per heavy atom. The predicted molar refractivity (Wildman–Crippen MR) is 55.8 cm³/mol. The smallest absolute Gasteiger partial charge is 0.186 e. The molecule has 0 saturated heterocycles. The van der Waals surface area contributed by atoms with E-state index in [4.69, 9.17) is 4.43 Å². The highest BCUT2D eigenvalue weighted by Gasteiger charge is 2.20. The van der Waals surface area contributed by atoms with Crippen molar-refractivity contribution >= 4 is 8.32 Å². The molecule has 0 heterocycles. The molecule has 0 saturated carbocycles. The summed E-state index contributed by atoms with van der Waals surface area (Å²) in [6.07, 6.45) is 9.09. The van der Waals surface area contributed by atoms with E-state index < -0.39 is 8.32 Å². The molecule has 1 aliphatic rings. The first-order valence-electron chi connectivity index (χ1n) is 4.55. The molecule has 1 nitrogen and oxygen atoms in total. The molecule has 0 fully saturated rings. The third kappa shape index (κ3) is 2.95. The Morgan fingerprint density at radius 3 is 2.75 bits per heavy atom. The van der Waals surface area contributed by atoms with Gasteiger partial charge in [0.1, 0.15) is 0 Å². The Hall–Kier alpha value is -0.343. The Kier molecular flexibility index (Phi) is 3.29. The largest absolute Gasteiger partial charge is 0.420 e. The lowest BCUT2D eigenvalue weighted by Gasteiger charge is -2.19. The molecule has 0 bridgehead atoms. The first-order chi connectivity index (χ1) is 5.64. The van der Waals surface area contributed by atoms with Crippen molar-refractivity contribution in [3.05, 3.63) is 23.8 Å². The molecule has 0 aromatic rings. The molecule has 0 radical (unpaired) electrons. The van der Waals surface area contributed by atoms with E-state index in [-0.39, 0.29) is 0 Å².